The van der Waals surface area contributed by atoms with E-state index in [9.17, 15) is 0 Å². The fraction of sp³-hybridized carbons (Fsp3) is 0.0270. The standard InChI is InChI=1S/C72H48N2.C2H6/c1-3-19-55(20-4-1)73(59-23-15-17-51(45-59)53-37-43-69-65-29-9-7-25-61(65)63-27-11-13-31-67(63)71(69)47-53)57-39-33-49(34-40-57)50-35-41-58(42-36-50)74(56-21-5-2-6-22-56)60-24-16-18-52(46-60)54-38-44-70-66-30-10-8-26-62(66)64-28-12-14-32-68(64)72(70)48-54;1-2/h1-48H;1-2H3. The van der Waals surface area contributed by atoms with Gasteiger partial charge in [-0.25, -0.2) is 0 Å². The van der Waals surface area contributed by atoms with Gasteiger partial charge in [-0.2, -0.15) is 0 Å². The Morgan fingerprint density at radius 2 is 0.395 bits per heavy atom. The van der Waals surface area contributed by atoms with Crippen LogP contribution in [-0.2, 0) is 0 Å². The van der Waals surface area contributed by atoms with Gasteiger partial charge in [0, 0.05) is 34.1 Å². The van der Waals surface area contributed by atoms with Crippen molar-refractivity contribution < 1.29 is 0 Å². The summed E-state index contributed by atoms with van der Waals surface area (Å²) < 4.78 is 0. The molecule has 0 fully saturated rings. The van der Waals surface area contributed by atoms with Gasteiger partial charge < -0.3 is 9.80 Å². The lowest BCUT2D eigenvalue weighted by Gasteiger charge is -2.27. The van der Waals surface area contributed by atoms with Crippen molar-refractivity contribution in [2.75, 3.05) is 9.80 Å². The van der Waals surface area contributed by atoms with Gasteiger partial charge in [0.1, 0.15) is 0 Å². The number of rotatable bonds is 9. The molecule has 2 nitrogen and oxygen atoms in total. The summed E-state index contributed by atoms with van der Waals surface area (Å²) in [6.45, 7) is 4.00. The molecule has 0 aromatic heterocycles. The highest BCUT2D eigenvalue weighted by Crippen LogP contribution is 2.43. The van der Waals surface area contributed by atoms with Crippen LogP contribution in [0.4, 0.5) is 34.1 Å². The van der Waals surface area contributed by atoms with Crippen molar-refractivity contribution in [3.8, 4) is 33.4 Å². The van der Waals surface area contributed by atoms with E-state index in [-0.39, 0.29) is 0 Å². The van der Waals surface area contributed by atoms with Crippen LogP contribution in [0.5, 0.6) is 0 Å². The highest BCUT2D eigenvalue weighted by Gasteiger charge is 2.18. The molecular formula is C74H54N2. The van der Waals surface area contributed by atoms with Crippen LogP contribution in [0.3, 0.4) is 0 Å². The molecule has 14 rings (SSSR count). The summed E-state index contributed by atoms with van der Waals surface area (Å²) in [6.07, 6.45) is 0. The monoisotopic (exact) mass is 970 g/mol. The predicted octanol–water partition coefficient (Wildman–Crippen LogP) is 21.6. The highest BCUT2D eigenvalue weighted by molar-refractivity contribution is 6.27. The minimum absolute atomic E-state index is 1.09. The Hall–Kier alpha value is -9.76. The molecule has 0 unspecified atom stereocenters. The van der Waals surface area contributed by atoms with Crippen LogP contribution in [0, 0.1) is 0 Å². The maximum atomic E-state index is 2.38. The Morgan fingerprint density at radius 3 is 0.724 bits per heavy atom. The van der Waals surface area contributed by atoms with Gasteiger partial charge in [-0.15, -0.1) is 0 Å². The second-order valence-corrected chi connectivity index (χ2v) is 19.2. The van der Waals surface area contributed by atoms with Gasteiger partial charge in [-0.1, -0.05) is 220 Å². The van der Waals surface area contributed by atoms with E-state index >= 15 is 0 Å². The topological polar surface area (TPSA) is 6.48 Å². The van der Waals surface area contributed by atoms with Gasteiger partial charge in [0.25, 0.3) is 0 Å². The predicted molar refractivity (Wildman–Crippen MR) is 329 cm³/mol. The third kappa shape index (κ3) is 8.27. The zero-order chi connectivity index (χ0) is 51.0. The van der Waals surface area contributed by atoms with Crippen LogP contribution in [0.25, 0.3) is 98.0 Å². The molecule has 0 spiro atoms. The van der Waals surface area contributed by atoms with Crippen molar-refractivity contribution in [2.45, 2.75) is 13.8 Å². The first kappa shape index (κ1) is 46.1. The van der Waals surface area contributed by atoms with Crippen molar-refractivity contribution in [1.29, 1.82) is 0 Å². The molecule has 0 bridgehead atoms. The molecule has 0 saturated heterocycles. The molecule has 0 saturated carbocycles. The smallest absolute Gasteiger partial charge is 0.0467 e. The SMILES string of the molecule is CC.c1ccc(N(c2ccc(-c3ccc(N(c4ccccc4)c4cccc(-c5ccc6c7ccccc7c7ccccc7c6c5)c4)cc3)cc2)c2cccc(-c3ccc4c5ccccc5c5ccccc5c4c3)c2)cc1. The van der Waals surface area contributed by atoms with Crippen LogP contribution in [0.2, 0.25) is 0 Å². The Labute approximate surface area is 444 Å². The molecule has 14 aromatic rings. The van der Waals surface area contributed by atoms with Gasteiger partial charge in [-0.3, -0.25) is 0 Å². The fourth-order valence-electron chi connectivity index (χ4n) is 11.5. The van der Waals surface area contributed by atoms with Crippen LogP contribution >= 0.6 is 0 Å². The molecule has 0 N–H and O–H groups in total. The van der Waals surface area contributed by atoms with Gasteiger partial charge in [-0.05, 0) is 183 Å². The summed E-state index contributed by atoms with van der Waals surface area (Å²) in [5.74, 6) is 0. The summed E-state index contributed by atoms with van der Waals surface area (Å²) in [4.78, 5) is 4.71. The zero-order valence-electron chi connectivity index (χ0n) is 42.6. The molecular weight excluding hydrogens is 917 g/mol. The van der Waals surface area contributed by atoms with Gasteiger partial charge in [0.2, 0.25) is 0 Å². The number of hydrogen-bond acceptors (Lipinski definition) is 2. The van der Waals surface area contributed by atoms with Crippen molar-refractivity contribution in [1.82, 2.24) is 0 Å². The van der Waals surface area contributed by atoms with E-state index in [2.05, 4.69) is 301 Å². The van der Waals surface area contributed by atoms with E-state index in [4.69, 9.17) is 0 Å². The lowest BCUT2D eigenvalue weighted by atomic mass is 9.92. The average molecular weight is 971 g/mol. The third-order valence-electron chi connectivity index (χ3n) is 15.0. The maximum Gasteiger partial charge on any atom is 0.0467 e. The second kappa shape index (κ2) is 19.9. The number of anilines is 6. The van der Waals surface area contributed by atoms with E-state index in [0.29, 0.717) is 0 Å². The van der Waals surface area contributed by atoms with Crippen molar-refractivity contribution in [3.63, 3.8) is 0 Å². The Bertz CT molecular complexity index is 4050. The van der Waals surface area contributed by atoms with Gasteiger partial charge in [0.05, 0.1) is 0 Å². The van der Waals surface area contributed by atoms with Crippen LogP contribution in [-0.4, -0.2) is 0 Å². The molecule has 0 aliphatic carbocycles. The first-order valence-corrected chi connectivity index (χ1v) is 26.5. The number of para-hydroxylation sites is 2. The molecule has 0 radical (unpaired) electrons. The quantitative estimate of drug-likeness (QED) is 0.133. The summed E-state index contributed by atoms with van der Waals surface area (Å²) in [5.41, 5.74) is 13.6. The minimum Gasteiger partial charge on any atom is -0.310 e. The molecule has 0 amide bonds. The van der Waals surface area contributed by atoms with Crippen LogP contribution < -0.4 is 9.80 Å². The highest BCUT2D eigenvalue weighted by atomic mass is 15.1. The third-order valence-corrected chi connectivity index (χ3v) is 15.0. The first-order chi connectivity index (χ1) is 37.7. The van der Waals surface area contributed by atoms with E-state index < -0.39 is 0 Å². The number of fused-ring (bicyclic) bond motifs is 12. The van der Waals surface area contributed by atoms with Crippen LogP contribution in [0.15, 0.2) is 291 Å². The summed E-state index contributed by atoms with van der Waals surface area (Å²) in [7, 11) is 0. The second-order valence-electron chi connectivity index (χ2n) is 19.2. The summed E-state index contributed by atoms with van der Waals surface area (Å²) in [5, 5.41) is 15.4. The lowest BCUT2D eigenvalue weighted by Crippen LogP contribution is -2.10. The number of benzene rings is 14. The average Bonchev–Trinajstić information content (AvgIpc) is 3.58. The first-order valence-electron chi connectivity index (χ1n) is 26.5. The van der Waals surface area contributed by atoms with Crippen molar-refractivity contribution in [2.24, 2.45) is 0 Å². The summed E-state index contributed by atoms with van der Waals surface area (Å²) >= 11 is 0. The van der Waals surface area contributed by atoms with Crippen molar-refractivity contribution in [3.05, 3.63) is 291 Å². The fourth-order valence-corrected chi connectivity index (χ4v) is 11.5. The molecule has 76 heavy (non-hydrogen) atoms. The van der Waals surface area contributed by atoms with E-state index in [1.807, 2.05) is 13.8 Å². The molecule has 360 valence electrons. The molecule has 0 aliphatic rings. The van der Waals surface area contributed by atoms with E-state index in [1.54, 1.807) is 0 Å². The van der Waals surface area contributed by atoms with Gasteiger partial charge >= 0.3 is 0 Å². The van der Waals surface area contributed by atoms with E-state index in [1.165, 1.54) is 86.9 Å². The number of nitrogens with zero attached hydrogens (tertiary/aromatic N) is 2. The molecule has 0 heterocycles. The zero-order valence-corrected chi connectivity index (χ0v) is 42.6. The lowest BCUT2D eigenvalue weighted by molar-refractivity contribution is 1.28. The molecule has 0 atom stereocenters. The normalized spacial score (nSPS) is 11.3. The largest absolute Gasteiger partial charge is 0.310 e. The molecule has 14 aromatic carbocycles. The minimum atomic E-state index is 1.09. The summed E-state index contributed by atoms with van der Waals surface area (Å²) in [6, 6.07) is 106. The number of hydrogen-bond donors (Lipinski definition) is 0. The van der Waals surface area contributed by atoms with Gasteiger partial charge in [0.15, 0.2) is 0 Å². The Morgan fingerprint density at radius 1 is 0.158 bits per heavy atom. The molecule has 2 heteroatoms. The van der Waals surface area contributed by atoms with Crippen LogP contribution in [0.1, 0.15) is 13.8 Å². The maximum absolute atomic E-state index is 2.38. The molecule has 0 aliphatic heterocycles. The van der Waals surface area contributed by atoms with E-state index in [0.717, 1.165) is 45.3 Å². The Kier molecular flexibility index (Phi) is 12.1. The van der Waals surface area contributed by atoms with Crippen molar-refractivity contribution >= 4 is 98.8 Å². The Balaban J connectivity index is 0.00000274.